The van der Waals surface area contributed by atoms with Crippen molar-refractivity contribution in [2.24, 2.45) is 5.73 Å². The fraction of sp³-hybridized carbons (Fsp3) is 0.0556. The molecule has 0 spiro atoms. The molecule has 0 unspecified atom stereocenters. The van der Waals surface area contributed by atoms with Crippen molar-refractivity contribution in [1.82, 2.24) is 9.78 Å². The number of primary amides is 1. The highest BCUT2D eigenvalue weighted by Crippen LogP contribution is 2.21. The van der Waals surface area contributed by atoms with Crippen LogP contribution < -0.4 is 11.1 Å². The fourth-order valence-corrected chi connectivity index (χ4v) is 2.40. The largest absolute Gasteiger partial charge is 0.368 e. The Morgan fingerprint density at radius 2 is 1.96 bits per heavy atom. The van der Waals surface area contributed by atoms with Crippen LogP contribution in [-0.2, 0) is 4.79 Å². The highest BCUT2D eigenvalue weighted by Gasteiger charge is 2.18. The molecule has 0 fully saturated rings. The van der Waals surface area contributed by atoms with Gasteiger partial charge in [-0.25, -0.2) is 9.07 Å². The van der Waals surface area contributed by atoms with Gasteiger partial charge in [-0.3, -0.25) is 4.79 Å². The summed E-state index contributed by atoms with van der Waals surface area (Å²) in [6.45, 7) is 0. The highest BCUT2D eigenvalue weighted by atomic mass is 19.1. The number of para-hydroxylation sites is 1. The van der Waals surface area contributed by atoms with E-state index >= 15 is 0 Å². The Labute approximate surface area is 143 Å². The average molecular weight is 335 g/mol. The van der Waals surface area contributed by atoms with E-state index in [9.17, 15) is 9.18 Å². The van der Waals surface area contributed by atoms with Crippen LogP contribution in [0.15, 0.2) is 60.9 Å². The first-order valence-electron chi connectivity index (χ1n) is 7.44. The maximum atomic E-state index is 13.8. The molecule has 0 aliphatic rings. The second-order valence-electron chi connectivity index (χ2n) is 5.34. The van der Waals surface area contributed by atoms with Gasteiger partial charge >= 0.3 is 0 Å². The maximum absolute atomic E-state index is 13.8. The number of hydrogen-bond acceptors (Lipinski definition) is 4. The van der Waals surface area contributed by atoms with Crippen LogP contribution in [0.3, 0.4) is 0 Å². The molecule has 3 N–H and O–H groups in total. The molecular weight excluding hydrogens is 321 g/mol. The van der Waals surface area contributed by atoms with E-state index in [1.165, 1.54) is 16.9 Å². The monoisotopic (exact) mass is 335 g/mol. The Bertz CT molecular complexity index is 943. The molecule has 1 heterocycles. The lowest BCUT2D eigenvalue weighted by Crippen LogP contribution is -2.27. The minimum absolute atomic E-state index is 0.296. The van der Waals surface area contributed by atoms with Gasteiger partial charge < -0.3 is 11.1 Å². The zero-order chi connectivity index (χ0) is 17.8. The molecule has 25 heavy (non-hydrogen) atoms. The number of nitrogens with one attached hydrogen (secondary N) is 1. The van der Waals surface area contributed by atoms with Gasteiger partial charge in [0.25, 0.3) is 0 Å². The molecule has 1 atom stereocenters. The van der Waals surface area contributed by atoms with Gasteiger partial charge in [-0.2, -0.15) is 10.4 Å². The van der Waals surface area contributed by atoms with Crippen LogP contribution in [0.25, 0.3) is 5.69 Å². The number of halogens is 1. The molecule has 0 aliphatic carbocycles. The molecular formula is C18H14FN5O. The number of nitrogens with zero attached hydrogens (tertiary/aromatic N) is 3. The number of carbonyl (C=O) groups excluding carboxylic acids is 1. The summed E-state index contributed by atoms with van der Waals surface area (Å²) in [5.74, 6) is -0.987. The molecule has 0 radical (unpaired) electrons. The van der Waals surface area contributed by atoms with E-state index < -0.39 is 17.8 Å². The first-order valence-corrected chi connectivity index (χ1v) is 7.44. The SMILES string of the molecule is N#Cc1ccc([C@@H](Nc2cnn(-c3ccccc3F)c2)C(N)=O)cc1. The number of anilines is 1. The van der Waals surface area contributed by atoms with Gasteiger partial charge in [0.15, 0.2) is 0 Å². The lowest BCUT2D eigenvalue weighted by Gasteiger charge is -2.15. The normalized spacial score (nSPS) is 11.5. The van der Waals surface area contributed by atoms with Crippen LogP contribution in [0.4, 0.5) is 10.1 Å². The van der Waals surface area contributed by atoms with Crippen molar-refractivity contribution in [2.45, 2.75) is 6.04 Å². The molecule has 0 saturated heterocycles. The van der Waals surface area contributed by atoms with Crippen LogP contribution in [0.1, 0.15) is 17.2 Å². The van der Waals surface area contributed by atoms with E-state index in [4.69, 9.17) is 11.0 Å². The number of amides is 1. The Morgan fingerprint density at radius 3 is 2.60 bits per heavy atom. The van der Waals surface area contributed by atoms with E-state index in [1.807, 2.05) is 6.07 Å². The summed E-state index contributed by atoms with van der Waals surface area (Å²) >= 11 is 0. The number of nitrogens with two attached hydrogens (primary N) is 1. The third-order valence-corrected chi connectivity index (χ3v) is 3.65. The first kappa shape index (κ1) is 16.2. The molecule has 2 aromatic carbocycles. The minimum Gasteiger partial charge on any atom is -0.368 e. The highest BCUT2D eigenvalue weighted by molar-refractivity contribution is 5.84. The van der Waals surface area contributed by atoms with Crippen LogP contribution in [0, 0.1) is 17.1 Å². The summed E-state index contributed by atoms with van der Waals surface area (Å²) < 4.78 is 15.2. The van der Waals surface area contributed by atoms with Gasteiger partial charge in [-0.05, 0) is 29.8 Å². The molecule has 6 nitrogen and oxygen atoms in total. The molecule has 0 aliphatic heterocycles. The summed E-state index contributed by atoms with van der Waals surface area (Å²) in [6.07, 6.45) is 3.05. The molecule has 124 valence electrons. The van der Waals surface area contributed by atoms with Crippen molar-refractivity contribution in [1.29, 1.82) is 5.26 Å². The Kier molecular flexibility index (Phi) is 4.44. The van der Waals surface area contributed by atoms with Crippen molar-refractivity contribution in [2.75, 3.05) is 5.32 Å². The Morgan fingerprint density at radius 1 is 1.24 bits per heavy atom. The molecule has 1 amide bonds. The van der Waals surface area contributed by atoms with Gasteiger partial charge in [0.05, 0.1) is 29.7 Å². The van der Waals surface area contributed by atoms with Crippen LogP contribution in [0.5, 0.6) is 0 Å². The summed E-state index contributed by atoms with van der Waals surface area (Å²) in [5, 5.41) is 15.9. The molecule has 0 bridgehead atoms. The Balaban J connectivity index is 1.85. The van der Waals surface area contributed by atoms with Crippen molar-refractivity contribution >= 4 is 11.6 Å². The third-order valence-electron chi connectivity index (χ3n) is 3.65. The third kappa shape index (κ3) is 3.48. The van der Waals surface area contributed by atoms with Gasteiger partial charge in [-0.1, -0.05) is 24.3 Å². The summed E-state index contributed by atoms with van der Waals surface area (Å²) in [7, 11) is 0. The van der Waals surface area contributed by atoms with Crippen LogP contribution in [-0.4, -0.2) is 15.7 Å². The smallest absolute Gasteiger partial charge is 0.244 e. The van der Waals surface area contributed by atoms with Crippen molar-refractivity contribution in [3.63, 3.8) is 0 Å². The lowest BCUT2D eigenvalue weighted by molar-refractivity contribution is -0.118. The first-order chi connectivity index (χ1) is 12.1. The zero-order valence-electron chi connectivity index (χ0n) is 13.1. The van der Waals surface area contributed by atoms with Crippen molar-refractivity contribution in [3.8, 4) is 11.8 Å². The second kappa shape index (κ2) is 6.84. The topological polar surface area (TPSA) is 96.7 Å². The molecule has 7 heteroatoms. The fourth-order valence-electron chi connectivity index (χ4n) is 2.40. The predicted octanol–water partition coefficient (Wildman–Crippen LogP) is 2.52. The number of nitriles is 1. The number of benzene rings is 2. The van der Waals surface area contributed by atoms with Crippen LogP contribution >= 0.6 is 0 Å². The maximum Gasteiger partial charge on any atom is 0.244 e. The number of carbonyl (C=O) groups is 1. The van der Waals surface area contributed by atoms with Gasteiger partial charge in [0.2, 0.25) is 5.91 Å². The van der Waals surface area contributed by atoms with E-state index in [2.05, 4.69) is 10.4 Å². The summed E-state index contributed by atoms with van der Waals surface area (Å²) in [6, 6.07) is 14.0. The lowest BCUT2D eigenvalue weighted by atomic mass is 10.0. The summed E-state index contributed by atoms with van der Waals surface area (Å²) in [4.78, 5) is 11.8. The molecule has 3 aromatic rings. The Hall–Kier alpha value is -3.66. The van der Waals surface area contributed by atoms with Crippen molar-refractivity contribution in [3.05, 3.63) is 77.9 Å². The van der Waals surface area contributed by atoms with Gasteiger partial charge in [0.1, 0.15) is 17.5 Å². The quantitative estimate of drug-likeness (QED) is 0.749. The van der Waals surface area contributed by atoms with Crippen LogP contribution in [0.2, 0.25) is 0 Å². The summed E-state index contributed by atoms with van der Waals surface area (Å²) in [5.41, 5.74) is 7.38. The average Bonchev–Trinajstić information content (AvgIpc) is 3.08. The molecule has 3 rings (SSSR count). The van der Waals surface area contributed by atoms with E-state index in [0.717, 1.165) is 0 Å². The van der Waals surface area contributed by atoms with Gasteiger partial charge in [-0.15, -0.1) is 0 Å². The standard InChI is InChI=1S/C18H14FN5O/c19-15-3-1-2-4-16(15)24-11-14(10-22-24)23-17(18(21)25)13-7-5-12(9-20)6-8-13/h1-8,10-11,17,23H,(H2,21,25)/t17-/m1/s1. The number of rotatable bonds is 5. The zero-order valence-corrected chi connectivity index (χ0v) is 13.1. The van der Waals surface area contributed by atoms with E-state index in [-0.39, 0.29) is 0 Å². The molecule has 0 saturated carbocycles. The molecule has 1 aromatic heterocycles. The minimum atomic E-state index is -0.800. The predicted molar refractivity (Wildman–Crippen MR) is 90.2 cm³/mol. The van der Waals surface area contributed by atoms with E-state index in [1.54, 1.807) is 48.7 Å². The van der Waals surface area contributed by atoms with Gasteiger partial charge in [0, 0.05) is 0 Å². The second-order valence-corrected chi connectivity index (χ2v) is 5.34. The van der Waals surface area contributed by atoms with E-state index in [0.29, 0.717) is 22.5 Å². The number of hydrogen-bond donors (Lipinski definition) is 2. The number of aromatic nitrogens is 2. The van der Waals surface area contributed by atoms with Crippen molar-refractivity contribution < 1.29 is 9.18 Å².